The summed E-state index contributed by atoms with van der Waals surface area (Å²) in [5.74, 6) is 0.773. The summed E-state index contributed by atoms with van der Waals surface area (Å²) in [7, 11) is 0. The van der Waals surface area contributed by atoms with Crippen LogP contribution in [0.2, 0.25) is 0 Å². The molecule has 1 rings (SSSR count). The number of alkyl halides is 3. The lowest BCUT2D eigenvalue weighted by Gasteiger charge is -2.15. The SMILES string of the molecule is Cc1ccc(OCC(C)NCCCC(F)(F)F)cc1. The Bertz CT molecular complexity index is 362. The molecule has 0 heterocycles. The zero-order valence-electron chi connectivity index (χ0n) is 11.3. The number of halogens is 3. The van der Waals surface area contributed by atoms with E-state index in [1.165, 1.54) is 0 Å². The minimum absolute atomic E-state index is 0.0227. The molecule has 5 heteroatoms. The number of rotatable bonds is 7. The first-order valence-corrected chi connectivity index (χ1v) is 6.36. The van der Waals surface area contributed by atoms with Crippen molar-refractivity contribution in [2.75, 3.05) is 13.2 Å². The predicted octanol–water partition coefficient (Wildman–Crippen LogP) is 3.69. The number of benzene rings is 1. The fourth-order valence-electron chi connectivity index (χ4n) is 1.55. The molecule has 0 saturated carbocycles. The van der Waals surface area contributed by atoms with E-state index in [-0.39, 0.29) is 12.5 Å². The lowest BCUT2D eigenvalue weighted by molar-refractivity contribution is -0.135. The van der Waals surface area contributed by atoms with E-state index in [9.17, 15) is 13.2 Å². The first-order chi connectivity index (χ1) is 8.87. The number of aryl methyl sites for hydroxylation is 1. The summed E-state index contributed by atoms with van der Waals surface area (Å²) >= 11 is 0. The maximum absolute atomic E-state index is 11.9. The number of nitrogens with one attached hydrogen (secondary N) is 1. The molecule has 0 saturated heterocycles. The summed E-state index contributed by atoms with van der Waals surface area (Å²) in [6.45, 7) is 4.67. The summed E-state index contributed by atoms with van der Waals surface area (Å²) < 4.78 is 41.3. The van der Waals surface area contributed by atoms with E-state index < -0.39 is 12.6 Å². The highest BCUT2D eigenvalue weighted by Crippen LogP contribution is 2.20. The maximum atomic E-state index is 11.9. The molecule has 1 N–H and O–H groups in total. The number of hydrogen-bond donors (Lipinski definition) is 1. The Balaban J connectivity index is 2.14. The highest BCUT2D eigenvalue weighted by atomic mass is 19.4. The van der Waals surface area contributed by atoms with Gasteiger partial charge in [0.25, 0.3) is 0 Å². The lowest BCUT2D eigenvalue weighted by atomic mass is 10.2. The topological polar surface area (TPSA) is 21.3 Å². The molecule has 1 atom stereocenters. The van der Waals surface area contributed by atoms with Crippen molar-refractivity contribution in [3.05, 3.63) is 29.8 Å². The van der Waals surface area contributed by atoms with E-state index in [1.54, 1.807) is 0 Å². The first kappa shape index (κ1) is 15.8. The molecule has 0 radical (unpaired) electrons. The Morgan fingerprint density at radius 3 is 2.42 bits per heavy atom. The second-order valence-electron chi connectivity index (χ2n) is 4.70. The van der Waals surface area contributed by atoms with Gasteiger partial charge in [0, 0.05) is 12.5 Å². The largest absolute Gasteiger partial charge is 0.492 e. The molecule has 0 aliphatic rings. The molecule has 19 heavy (non-hydrogen) atoms. The van der Waals surface area contributed by atoms with Crippen molar-refractivity contribution in [3.63, 3.8) is 0 Å². The van der Waals surface area contributed by atoms with Gasteiger partial charge in [0.1, 0.15) is 12.4 Å². The van der Waals surface area contributed by atoms with Gasteiger partial charge in [-0.05, 0) is 38.9 Å². The third kappa shape index (κ3) is 7.72. The van der Waals surface area contributed by atoms with Gasteiger partial charge in [-0.2, -0.15) is 13.2 Å². The Morgan fingerprint density at radius 1 is 1.21 bits per heavy atom. The lowest BCUT2D eigenvalue weighted by Crippen LogP contribution is -2.33. The molecular weight excluding hydrogens is 255 g/mol. The first-order valence-electron chi connectivity index (χ1n) is 6.36. The van der Waals surface area contributed by atoms with Gasteiger partial charge >= 0.3 is 6.18 Å². The van der Waals surface area contributed by atoms with Gasteiger partial charge < -0.3 is 10.1 Å². The van der Waals surface area contributed by atoms with Crippen LogP contribution in [0.5, 0.6) is 5.75 Å². The van der Waals surface area contributed by atoms with Gasteiger partial charge in [-0.25, -0.2) is 0 Å². The molecule has 1 aromatic carbocycles. The molecule has 0 aliphatic heterocycles. The minimum Gasteiger partial charge on any atom is -0.492 e. The molecule has 1 aromatic rings. The van der Waals surface area contributed by atoms with Gasteiger partial charge in [0.15, 0.2) is 0 Å². The van der Waals surface area contributed by atoms with Crippen molar-refractivity contribution in [1.29, 1.82) is 0 Å². The monoisotopic (exact) mass is 275 g/mol. The predicted molar refractivity (Wildman–Crippen MR) is 69.4 cm³/mol. The maximum Gasteiger partial charge on any atom is 0.389 e. The van der Waals surface area contributed by atoms with E-state index in [2.05, 4.69) is 5.32 Å². The summed E-state index contributed by atoms with van der Waals surface area (Å²) in [6, 6.07) is 7.69. The average Bonchev–Trinajstić information content (AvgIpc) is 2.33. The van der Waals surface area contributed by atoms with Gasteiger partial charge in [-0.3, -0.25) is 0 Å². The summed E-state index contributed by atoms with van der Waals surface area (Å²) in [4.78, 5) is 0. The highest BCUT2D eigenvalue weighted by molar-refractivity contribution is 5.26. The smallest absolute Gasteiger partial charge is 0.389 e. The summed E-state index contributed by atoms with van der Waals surface area (Å²) in [5, 5.41) is 3.01. The van der Waals surface area contributed by atoms with Crippen LogP contribution >= 0.6 is 0 Å². The standard InChI is InChI=1S/C14H20F3NO/c1-11-4-6-13(7-5-11)19-10-12(2)18-9-3-8-14(15,16)17/h4-7,12,18H,3,8-10H2,1-2H3. The van der Waals surface area contributed by atoms with Gasteiger partial charge in [0.2, 0.25) is 0 Å². The Labute approximate surface area is 112 Å². The van der Waals surface area contributed by atoms with Crippen LogP contribution in [0, 0.1) is 6.92 Å². The molecule has 1 unspecified atom stereocenters. The van der Waals surface area contributed by atoms with Crippen LogP contribution in [0.25, 0.3) is 0 Å². The Hall–Kier alpha value is -1.23. The van der Waals surface area contributed by atoms with E-state index in [0.29, 0.717) is 13.2 Å². The molecule has 0 spiro atoms. The molecule has 2 nitrogen and oxygen atoms in total. The Kier molecular flexibility index (Phi) is 6.15. The van der Waals surface area contributed by atoms with Crippen LogP contribution in [-0.2, 0) is 0 Å². The third-order valence-electron chi connectivity index (χ3n) is 2.65. The van der Waals surface area contributed by atoms with Crippen molar-refractivity contribution < 1.29 is 17.9 Å². The average molecular weight is 275 g/mol. The fraction of sp³-hybridized carbons (Fsp3) is 0.571. The minimum atomic E-state index is -4.07. The summed E-state index contributed by atoms with van der Waals surface area (Å²) in [5.41, 5.74) is 1.16. The number of hydrogen-bond acceptors (Lipinski definition) is 2. The van der Waals surface area contributed by atoms with Crippen molar-refractivity contribution in [3.8, 4) is 5.75 Å². The zero-order chi connectivity index (χ0) is 14.3. The number of ether oxygens (including phenoxy) is 1. The second-order valence-corrected chi connectivity index (χ2v) is 4.70. The second kappa shape index (κ2) is 7.38. The van der Waals surface area contributed by atoms with E-state index in [4.69, 9.17) is 4.74 Å². The van der Waals surface area contributed by atoms with E-state index in [1.807, 2.05) is 38.1 Å². The quantitative estimate of drug-likeness (QED) is 0.766. The highest BCUT2D eigenvalue weighted by Gasteiger charge is 2.25. The molecule has 0 aromatic heterocycles. The Morgan fingerprint density at radius 2 is 1.84 bits per heavy atom. The van der Waals surface area contributed by atoms with Crippen LogP contribution in [0.3, 0.4) is 0 Å². The molecule has 0 amide bonds. The van der Waals surface area contributed by atoms with Crippen molar-refractivity contribution >= 4 is 0 Å². The van der Waals surface area contributed by atoms with Crippen LogP contribution < -0.4 is 10.1 Å². The van der Waals surface area contributed by atoms with Crippen molar-refractivity contribution in [2.45, 2.75) is 38.9 Å². The molecule has 0 aliphatic carbocycles. The normalized spacial score (nSPS) is 13.3. The fourth-order valence-corrected chi connectivity index (χ4v) is 1.55. The van der Waals surface area contributed by atoms with Crippen molar-refractivity contribution in [2.24, 2.45) is 0 Å². The third-order valence-corrected chi connectivity index (χ3v) is 2.65. The molecular formula is C14H20F3NO. The molecule has 0 fully saturated rings. The zero-order valence-corrected chi connectivity index (χ0v) is 11.3. The van der Waals surface area contributed by atoms with Crippen LogP contribution in [0.1, 0.15) is 25.3 Å². The van der Waals surface area contributed by atoms with E-state index >= 15 is 0 Å². The van der Waals surface area contributed by atoms with Crippen molar-refractivity contribution in [1.82, 2.24) is 5.32 Å². The van der Waals surface area contributed by atoms with E-state index in [0.717, 1.165) is 11.3 Å². The van der Waals surface area contributed by atoms with Crippen LogP contribution in [0.4, 0.5) is 13.2 Å². The van der Waals surface area contributed by atoms with Gasteiger partial charge in [-0.15, -0.1) is 0 Å². The van der Waals surface area contributed by atoms with Crippen LogP contribution in [-0.4, -0.2) is 25.4 Å². The van der Waals surface area contributed by atoms with Crippen LogP contribution in [0.15, 0.2) is 24.3 Å². The van der Waals surface area contributed by atoms with Gasteiger partial charge in [0.05, 0.1) is 0 Å². The summed E-state index contributed by atoms with van der Waals surface area (Å²) in [6.07, 6.45) is -4.72. The molecule has 0 bridgehead atoms. The molecule has 108 valence electrons. The van der Waals surface area contributed by atoms with Gasteiger partial charge in [-0.1, -0.05) is 17.7 Å².